The van der Waals surface area contributed by atoms with Crippen molar-refractivity contribution in [3.05, 3.63) is 61.4 Å². The summed E-state index contributed by atoms with van der Waals surface area (Å²) in [6.45, 7) is 6.83. The first-order chi connectivity index (χ1) is 13.2. The molecule has 0 bridgehead atoms. The van der Waals surface area contributed by atoms with E-state index in [1.165, 1.54) is 0 Å². The zero-order valence-corrected chi connectivity index (χ0v) is 18.9. The van der Waals surface area contributed by atoms with Crippen LogP contribution < -0.4 is 5.32 Å². The lowest BCUT2D eigenvalue weighted by Gasteiger charge is -2.07. The highest BCUT2D eigenvalue weighted by molar-refractivity contribution is 9.10. The monoisotopic (exact) mass is 483 g/mol. The lowest BCUT2D eigenvalue weighted by molar-refractivity contribution is -0.116. The van der Waals surface area contributed by atoms with Gasteiger partial charge in [-0.3, -0.25) is 14.2 Å². The number of nitrogens with one attached hydrogen (secondary N) is 1. The van der Waals surface area contributed by atoms with Crippen molar-refractivity contribution < 1.29 is 4.79 Å². The second-order valence-corrected chi connectivity index (χ2v) is 8.21. The Hall–Kier alpha value is -1.83. The number of rotatable bonds is 6. The molecule has 0 aliphatic heterocycles. The standard InChI is InChI=1S/C19H20BrCl2N5O/c1-11-8-17(25-27(11)10-14-4-5-15(21)9-16(14)22)23-18(28)6-7-26-13(3)19(20)12(2)24-26/h4-5,8-9H,6-7,10H2,1-3H3,(H,23,25,28). The van der Waals surface area contributed by atoms with Gasteiger partial charge in [0.15, 0.2) is 5.82 Å². The normalized spacial score (nSPS) is 11.1. The van der Waals surface area contributed by atoms with Crippen molar-refractivity contribution in [3.8, 4) is 0 Å². The topological polar surface area (TPSA) is 64.7 Å². The lowest BCUT2D eigenvalue weighted by Crippen LogP contribution is -2.16. The highest BCUT2D eigenvalue weighted by Crippen LogP contribution is 2.23. The Labute approximate surface area is 182 Å². The van der Waals surface area contributed by atoms with Crippen LogP contribution in [0.2, 0.25) is 10.0 Å². The molecular weight excluding hydrogens is 465 g/mol. The molecular formula is C19H20BrCl2N5O. The molecule has 0 aliphatic rings. The molecule has 9 heteroatoms. The number of anilines is 1. The number of hydrogen-bond acceptors (Lipinski definition) is 3. The van der Waals surface area contributed by atoms with Crippen LogP contribution in [0.1, 0.15) is 29.1 Å². The number of hydrogen-bond donors (Lipinski definition) is 1. The van der Waals surface area contributed by atoms with Gasteiger partial charge >= 0.3 is 0 Å². The van der Waals surface area contributed by atoms with Gasteiger partial charge in [-0.1, -0.05) is 29.3 Å². The van der Waals surface area contributed by atoms with Gasteiger partial charge in [0.1, 0.15) is 0 Å². The van der Waals surface area contributed by atoms with Crippen molar-refractivity contribution in [2.75, 3.05) is 5.32 Å². The largest absolute Gasteiger partial charge is 0.309 e. The summed E-state index contributed by atoms with van der Waals surface area (Å²) in [6.07, 6.45) is 0.309. The van der Waals surface area contributed by atoms with E-state index in [0.717, 1.165) is 27.1 Å². The second kappa shape index (κ2) is 8.68. The van der Waals surface area contributed by atoms with Gasteiger partial charge < -0.3 is 5.32 Å². The van der Waals surface area contributed by atoms with Gasteiger partial charge in [0.05, 0.1) is 23.3 Å². The lowest BCUT2D eigenvalue weighted by atomic mass is 10.2. The average Bonchev–Trinajstić information content (AvgIpc) is 3.09. The summed E-state index contributed by atoms with van der Waals surface area (Å²) in [4.78, 5) is 12.3. The Kier molecular flexibility index (Phi) is 6.47. The molecule has 3 rings (SSSR count). The Bertz CT molecular complexity index is 1030. The van der Waals surface area contributed by atoms with Gasteiger partial charge in [-0.25, -0.2) is 0 Å². The van der Waals surface area contributed by atoms with Crippen molar-refractivity contribution >= 4 is 50.9 Å². The summed E-state index contributed by atoms with van der Waals surface area (Å²) >= 11 is 15.7. The predicted molar refractivity (Wildman–Crippen MR) is 115 cm³/mol. The summed E-state index contributed by atoms with van der Waals surface area (Å²) in [6, 6.07) is 7.21. The maximum Gasteiger partial charge on any atom is 0.227 e. The third kappa shape index (κ3) is 4.77. The Morgan fingerprint density at radius 2 is 1.89 bits per heavy atom. The third-order valence-electron chi connectivity index (χ3n) is 4.43. The van der Waals surface area contributed by atoms with Crippen molar-refractivity contribution in [2.24, 2.45) is 0 Å². The number of amides is 1. The highest BCUT2D eigenvalue weighted by Gasteiger charge is 2.13. The van der Waals surface area contributed by atoms with Gasteiger partial charge in [-0.15, -0.1) is 0 Å². The van der Waals surface area contributed by atoms with E-state index in [4.69, 9.17) is 23.2 Å². The van der Waals surface area contributed by atoms with Crippen LogP contribution in [0.4, 0.5) is 5.82 Å². The van der Waals surface area contributed by atoms with Crippen molar-refractivity contribution in [3.63, 3.8) is 0 Å². The van der Waals surface area contributed by atoms with E-state index < -0.39 is 0 Å². The van der Waals surface area contributed by atoms with E-state index in [1.807, 2.05) is 37.6 Å². The third-order valence-corrected chi connectivity index (χ3v) is 6.16. The van der Waals surface area contributed by atoms with Crippen molar-refractivity contribution in [1.29, 1.82) is 0 Å². The van der Waals surface area contributed by atoms with E-state index in [0.29, 0.717) is 35.4 Å². The highest BCUT2D eigenvalue weighted by atomic mass is 79.9. The van der Waals surface area contributed by atoms with Crippen LogP contribution in [0.3, 0.4) is 0 Å². The van der Waals surface area contributed by atoms with Crippen LogP contribution in [0.5, 0.6) is 0 Å². The van der Waals surface area contributed by atoms with E-state index in [1.54, 1.807) is 16.8 Å². The maximum absolute atomic E-state index is 12.3. The molecule has 1 amide bonds. The quantitative estimate of drug-likeness (QED) is 0.526. The first-order valence-electron chi connectivity index (χ1n) is 8.72. The van der Waals surface area contributed by atoms with Gasteiger partial charge in [0.2, 0.25) is 5.91 Å². The minimum absolute atomic E-state index is 0.113. The minimum Gasteiger partial charge on any atom is -0.309 e. The van der Waals surface area contributed by atoms with Gasteiger partial charge in [-0.05, 0) is 54.4 Å². The Morgan fingerprint density at radius 1 is 1.14 bits per heavy atom. The fraction of sp³-hybridized carbons (Fsp3) is 0.316. The molecule has 148 valence electrons. The number of benzene rings is 1. The van der Waals surface area contributed by atoms with Crippen LogP contribution in [0.25, 0.3) is 0 Å². The maximum atomic E-state index is 12.3. The number of carbonyl (C=O) groups is 1. The molecule has 28 heavy (non-hydrogen) atoms. The summed E-state index contributed by atoms with van der Waals surface area (Å²) < 4.78 is 4.59. The second-order valence-electron chi connectivity index (χ2n) is 6.57. The van der Waals surface area contributed by atoms with E-state index in [-0.39, 0.29) is 5.91 Å². The Morgan fingerprint density at radius 3 is 2.54 bits per heavy atom. The fourth-order valence-corrected chi connectivity index (χ4v) is 3.60. The summed E-state index contributed by atoms with van der Waals surface area (Å²) in [5, 5.41) is 12.9. The summed E-state index contributed by atoms with van der Waals surface area (Å²) in [5.74, 6) is 0.403. The molecule has 0 saturated heterocycles. The Balaban J connectivity index is 1.62. The van der Waals surface area contributed by atoms with Crippen LogP contribution in [0, 0.1) is 20.8 Å². The smallest absolute Gasteiger partial charge is 0.227 e. The molecule has 0 atom stereocenters. The molecule has 6 nitrogen and oxygen atoms in total. The van der Waals surface area contributed by atoms with Crippen LogP contribution >= 0.6 is 39.1 Å². The number of halogens is 3. The van der Waals surface area contributed by atoms with Gasteiger partial charge in [-0.2, -0.15) is 10.2 Å². The molecule has 0 fully saturated rings. The zero-order valence-electron chi connectivity index (χ0n) is 15.8. The first-order valence-corrected chi connectivity index (χ1v) is 10.3. The van der Waals surface area contributed by atoms with E-state index in [9.17, 15) is 4.79 Å². The molecule has 1 N–H and O–H groups in total. The van der Waals surface area contributed by atoms with Gasteiger partial charge in [0, 0.05) is 33.9 Å². The molecule has 1 aromatic carbocycles. The number of carbonyl (C=O) groups excluding carboxylic acids is 1. The van der Waals surface area contributed by atoms with Crippen LogP contribution in [0.15, 0.2) is 28.7 Å². The van der Waals surface area contributed by atoms with Crippen LogP contribution in [-0.4, -0.2) is 25.5 Å². The SMILES string of the molecule is Cc1nn(CCC(=O)Nc2cc(C)n(Cc3ccc(Cl)cc3Cl)n2)c(C)c1Br. The predicted octanol–water partition coefficient (Wildman–Crippen LogP) is 5.15. The summed E-state index contributed by atoms with van der Waals surface area (Å²) in [5.41, 5.74) is 3.74. The van der Waals surface area contributed by atoms with E-state index in [2.05, 4.69) is 31.4 Å². The zero-order chi connectivity index (χ0) is 20.4. The van der Waals surface area contributed by atoms with Gasteiger partial charge in [0.25, 0.3) is 0 Å². The number of nitrogens with zero attached hydrogens (tertiary/aromatic N) is 4. The molecule has 0 unspecified atom stereocenters. The molecule has 0 spiro atoms. The van der Waals surface area contributed by atoms with Crippen molar-refractivity contribution in [2.45, 2.75) is 40.3 Å². The fourth-order valence-electron chi connectivity index (χ4n) is 2.85. The molecule has 0 aliphatic carbocycles. The molecule has 0 saturated carbocycles. The molecule has 0 radical (unpaired) electrons. The molecule has 2 aromatic heterocycles. The number of aromatic nitrogens is 4. The summed E-state index contributed by atoms with van der Waals surface area (Å²) in [7, 11) is 0. The molecule has 2 heterocycles. The van der Waals surface area contributed by atoms with Crippen LogP contribution in [-0.2, 0) is 17.9 Å². The van der Waals surface area contributed by atoms with E-state index >= 15 is 0 Å². The first kappa shape index (κ1) is 20.9. The number of aryl methyl sites for hydroxylation is 3. The average molecular weight is 485 g/mol. The minimum atomic E-state index is -0.113. The molecule has 3 aromatic rings. The van der Waals surface area contributed by atoms with Crippen molar-refractivity contribution in [1.82, 2.24) is 19.6 Å².